The van der Waals surface area contributed by atoms with Gasteiger partial charge in [0.05, 0.1) is 0 Å². The highest BCUT2D eigenvalue weighted by Gasteiger charge is 2.17. The van der Waals surface area contributed by atoms with Gasteiger partial charge in [0, 0.05) is 24.4 Å². The van der Waals surface area contributed by atoms with E-state index in [9.17, 15) is 4.79 Å². The van der Waals surface area contributed by atoms with E-state index >= 15 is 0 Å². The van der Waals surface area contributed by atoms with Crippen molar-refractivity contribution < 1.29 is 9.53 Å². The van der Waals surface area contributed by atoms with Gasteiger partial charge in [-0.1, -0.05) is 0 Å². The van der Waals surface area contributed by atoms with Crippen molar-refractivity contribution >= 4 is 6.09 Å². The van der Waals surface area contributed by atoms with Gasteiger partial charge in [-0.3, -0.25) is 4.98 Å². The Bertz CT molecular complexity index is 401. The normalized spacial score (nSPS) is 12.9. The van der Waals surface area contributed by atoms with Crippen LogP contribution in [0.3, 0.4) is 0 Å². The Kier molecular flexibility index (Phi) is 2.58. The Morgan fingerprint density at radius 2 is 2.00 bits per heavy atom. The lowest BCUT2D eigenvalue weighted by Crippen LogP contribution is -2.32. The third-order valence-electron chi connectivity index (χ3n) is 2.19. The van der Waals surface area contributed by atoms with E-state index in [1.807, 2.05) is 32.9 Å². The average Bonchev–Trinajstić information content (AvgIpc) is 2.11. The molecule has 0 fully saturated rings. The lowest BCUT2D eigenvalue weighted by Gasteiger charge is -2.20. The van der Waals surface area contributed by atoms with Crippen molar-refractivity contribution in [3.05, 3.63) is 29.1 Å². The summed E-state index contributed by atoms with van der Waals surface area (Å²) in [6.07, 6.45) is 0.587. The van der Waals surface area contributed by atoms with Crippen LogP contribution >= 0.6 is 0 Å². The summed E-state index contributed by atoms with van der Waals surface area (Å²) in [5, 5.41) is 2.72. The number of rotatable bonds is 2. The number of carbonyl (C=O) groups excluding carboxylic acids is 1. The number of hydrogen-bond donors (Lipinski definition) is 1. The van der Waals surface area contributed by atoms with E-state index in [-0.39, 0.29) is 6.09 Å². The van der Waals surface area contributed by atoms with Gasteiger partial charge in [0.25, 0.3) is 0 Å². The van der Waals surface area contributed by atoms with Crippen molar-refractivity contribution in [3.8, 4) is 0 Å². The van der Waals surface area contributed by atoms with Crippen LogP contribution in [0, 0.1) is 0 Å². The smallest absolute Gasteiger partial charge is 0.407 e. The first-order valence-corrected chi connectivity index (χ1v) is 5.38. The third kappa shape index (κ3) is 2.72. The first-order valence-electron chi connectivity index (χ1n) is 5.38. The fourth-order valence-corrected chi connectivity index (χ4v) is 1.58. The number of nitrogens with one attached hydrogen (secondary N) is 1. The van der Waals surface area contributed by atoms with Crippen molar-refractivity contribution in [3.63, 3.8) is 0 Å². The molecular formula is C12H16N2O2. The molecule has 2 heterocycles. The first kappa shape index (κ1) is 10.9. The average molecular weight is 220 g/mol. The summed E-state index contributed by atoms with van der Waals surface area (Å²) in [5.74, 6) is 0. The Morgan fingerprint density at radius 1 is 1.44 bits per heavy atom. The number of alkyl carbamates (subject to hydrolysis) is 1. The van der Waals surface area contributed by atoms with E-state index in [0.717, 1.165) is 23.4 Å². The predicted octanol–water partition coefficient (Wildman–Crippen LogP) is 2.01. The Balaban J connectivity index is 1.82. The Labute approximate surface area is 95.0 Å². The molecule has 1 aliphatic heterocycles. The van der Waals surface area contributed by atoms with Crippen LogP contribution in [0.1, 0.15) is 37.7 Å². The monoisotopic (exact) mass is 220 g/mol. The maximum Gasteiger partial charge on any atom is 0.407 e. The van der Waals surface area contributed by atoms with Crippen LogP contribution in [0.4, 0.5) is 4.79 Å². The molecule has 0 saturated carbocycles. The van der Waals surface area contributed by atoms with Gasteiger partial charge < -0.3 is 10.1 Å². The lowest BCUT2D eigenvalue weighted by molar-refractivity contribution is 0.0523. The molecule has 16 heavy (non-hydrogen) atoms. The largest absolute Gasteiger partial charge is 0.444 e. The number of nitrogens with zero attached hydrogens (tertiary/aromatic N) is 1. The van der Waals surface area contributed by atoms with Crippen molar-refractivity contribution in [2.75, 3.05) is 0 Å². The maximum absolute atomic E-state index is 11.4. The second-order valence-electron chi connectivity index (χ2n) is 4.99. The number of hydrogen-bond acceptors (Lipinski definition) is 3. The summed E-state index contributed by atoms with van der Waals surface area (Å²) >= 11 is 0. The molecule has 86 valence electrons. The molecule has 4 heteroatoms. The van der Waals surface area contributed by atoms with Gasteiger partial charge in [-0.2, -0.15) is 0 Å². The molecular weight excluding hydrogens is 204 g/mol. The first-order chi connectivity index (χ1) is 7.42. The van der Waals surface area contributed by atoms with Crippen molar-refractivity contribution in [2.45, 2.75) is 39.3 Å². The topological polar surface area (TPSA) is 51.2 Å². The van der Waals surface area contributed by atoms with E-state index < -0.39 is 5.60 Å². The SMILES string of the molecule is CC(C)(C)OC(=O)NCc1cc2nc(c1)C2. The summed E-state index contributed by atoms with van der Waals surface area (Å²) in [6.45, 7) is 6.03. The quantitative estimate of drug-likeness (QED) is 0.842. The van der Waals surface area contributed by atoms with Gasteiger partial charge in [0.2, 0.25) is 0 Å². The van der Waals surface area contributed by atoms with E-state index in [4.69, 9.17) is 4.74 Å². The number of aromatic nitrogens is 1. The van der Waals surface area contributed by atoms with Gasteiger partial charge in [-0.05, 0) is 38.5 Å². The van der Waals surface area contributed by atoms with E-state index in [1.165, 1.54) is 0 Å². The molecule has 0 radical (unpaired) electrons. The molecule has 4 nitrogen and oxygen atoms in total. The molecule has 2 aliphatic rings. The van der Waals surface area contributed by atoms with Crippen LogP contribution in [-0.2, 0) is 17.7 Å². The van der Waals surface area contributed by atoms with Gasteiger partial charge in [-0.25, -0.2) is 4.79 Å². The third-order valence-corrected chi connectivity index (χ3v) is 2.19. The molecule has 1 aromatic rings. The zero-order chi connectivity index (χ0) is 11.8. The second-order valence-corrected chi connectivity index (χ2v) is 4.99. The van der Waals surface area contributed by atoms with Crippen LogP contribution < -0.4 is 5.32 Å². The zero-order valence-corrected chi connectivity index (χ0v) is 9.83. The van der Waals surface area contributed by atoms with E-state index in [0.29, 0.717) is 6.54 Å². The number of fused-ring (bicyclic) bond motifs is 2. The minimum Gasteiger partial charge on any atom is -0.444 e. The van der Waals surface area contributed by atoms with Crippen molar-refractivity contribution in [1.82, 2.24) is 10.3 Å². The number of pyridine rings is 1. The number of ether oxygens (including phenoxy) is 1. The molecule has 1 amide bonds. The minimum atomic E-state index is -0.449. The number of amides is 1. The molecule has 1 aromatic heterocycles. The van der Waals surface area contributed by atoms with Crippen LogP contribution in [-0.4, -0.2) is 16.7 Å². The number of carbonyl (C=O) groups is 1. The predicted molar refractivity (Wildman–Crippen MR) is 60.1 cm³/mol. The minimum absolute atomic E-state index is 0.381. The Morgan fingerprint density at radius 3 is 2.50 bits per heavy atom. The molecule has 3 rings (SSSR count). The van der Waals surface area contributed by atoms with Crippen LogP contribution in [0.5, 0.6) is 0 Å². The van der Waals surface area contributed by atoms with Gasteiger partial charge >= 0.3 is 6.09 Å². The van der Waals surface area contributed by atoms with Crippen LogP contribution in [0.25, 0.3) is 0 Å². The van der Waals surface area contributed by atoms with Crippen molar-refractivity contribution in [1.29, 1.82) is 0 Å². The molecule has 0 spiro atoms. The van der Waals surface area contributed by atoms with E-state index in [2.05, 4.69) is 10.3 Å². The van der Waals surface area contributed by atoms with Gasteiger partial charge in [-0.15, -0.1) is 0 Å². The zero-order valence-electron chi connectivity index (χ0n) is 9.83. The highest BCUT2D eigenvalue weighted by Crippen LogP contribution is 2.18. The van der Waals surface area contributed by atoms with Crippen molar-refractivity contribution in [2.24, 2.45) is 0 Å². The van der Waals surface area contributed by atoms with Gasteiger partial charge in [0.15, 0.2) is 0 Å². The highest BCUT2D eigenvalue weighted by molar-refractivity contribution is 5.67. The van der Waals surface area contributed by atoms with Crippen LogP contribution in [0.15, 0.2) is 12.1 Å². The standard InChI is InChI=1S/C12H16N2O2/c1-12(2,3)16-11(15)13-7-8-4-9-6-10(5-8)14-9/h4-5H,6-7H2,1-3H3,(H,13,15). The molecule has 0 unspecified atom stereocenters. The molecule has 0 aromatic carbocycles. The molecule has 1 aliphatic carbocycles. The maximum atomic E-state index is 11.4. The lowest BCUT2D eigenvalue weighted by atomic mass is 10.0. The summed E-state index contributed by atoms with van der Waals surface area (Å²) < 4.78 is 5.14. The summed E-state index contributed by atoms with van der Waals surface area (Å²) in [6, 6.07) is 4.01. The van der Waals surface area contributed by atoms with Gasteiger partial charge in [0.1, 0.15) is 5.60 Å². The fourth-order valence-electron chi connectivity index (χ4n) is 1.58. The van der Waals surface area contributed by atoms with Crippen LogP contribution in [0.2, 0.25) is 0 Å². The second kappa shape index (κ2) is 3.77. The fraction of sp³-hybridized carbons (Fsp3) is 0.500. The molecule has 2 bridgehead atoms. The Hall–Kier alpha value is -1.58. The molecule has 1 N–H and O–H groups in total. The summed E-state index contributed by atoms with van der Waals surface area (Å²) in [5.41, 5.74) is 2.82. The summed E-state index contributed by atoms with van der Waals surface area (Å²) in [4.78, 5) is 15.6. The highest BCUT2D eigenvalue weighted by atomic mass is 16.6. The molecule has 0 saturated heterocycles. The molecule has 0 atom stereocenters. The summed E-state index contributed by atoms with van der Waals surface area (Å²) in [7, 11) is 0. The van der Waals surface area contributed by atoms with E-state index in [1.54, 1.807) is 0 Å².